The van der Waals surface area contributed by atoms with Gasteiger partial charge < -0.3 is 4.74 Å². The Morgan fingerprint density at radius 1 is 1.14 bits per heavy atom. The van der Waals surface area contributed by atoms with Gasteiger partial charge in [0.05, 0.1) is 5.41 Å². The van der Waals surface area contributed by atoms with Crippen molar-refractivity contribution in [1.29, 1.82) is 0 Å². The number of hydrogen-bond donors (Lipinski definition) is 0. The molecule has 1 rings (SSSR count). The van der Waals surface area contributed by atoms with Crippen LogP contribution in [0.25, 0.3) is 0 Å². The monoisotopic (exact) mass is 298 g/mol. The van der Waals surface area contributed by atoms with Crippen LogP contribution in [0.5, 0.6) is 0 Å². The highest BCUT2D eigenvalue weighted by Crippen LogP contribution is 2.37. The Morgan fingerprint density at radius 2 is 1.67 bits per heavy atom. The van der Waals surface area contributed by atoms with Gasteiger partial charge in [-0.25, -0.2) is 0 Å². The minimum atomic E-state index is -0.327. The molecule has 0 N–H and O–H groups in total. The molecule has 2 heteroatoms. The van der Waals surface area contributed by atoms with Crippen LogP contribution in [0.1, 0.15) is 93.4 Å². The summed E-state index contributed by atoms with van der Waals surface area (Å²) < 4.78 is 5.82. The van der Waals surface area contributed by atoms with E-state index in [4.69, 9.17) is 4.74 Å². The van der Waals surface area contributed by atoms with Crippen molar-refractivity contribution in [1.82, 2.24) is 0 Å². The van der Waals surface area contributed by atoms with E-state index in [0.29, 0.717) is 11.8 Å². The van der Waals surface area contributed by atoms with E-state index in [1.165, 1.54) is 19.3 Å². The van der Waals surface area contributed by atoms with Gasteiger partial charge in [-0.2, -0.15) is 0 Å². The summed E-state index contributed by atoms with van der Waals surface area (Å²) in [6.07, 6.45) is 8.07. The molecule has 0 aromatic rings. The molecule has 0 aliphatic heterocycles. The van der Waals surface area contributed by atoms with Gasteiger partial charge in [-0.3, -0.25) is 4.79 Å². The van der Waals surface area contributed by atoms with Crippen molar-refractivity contribution in [3.8, 4) is 0 Å². The Kier molecular flexibility index (Phi) is 9.98. The Labute approximate surface area is 133 Å². The van der Waals surface area contributed by atoms with E-state index in [1.54, 1.807) is 0 Å². The first-order chi connectivity index (χ1) is 9.90. The zero-order chi connectivity index (χ0) is 16.5. The predicted molar refractivity (Wildman–Crippen MR) is 91.3 cm³/mol. The van der Waals surface area contributed by atoms with Gasteiger partial charge in [0.2, 0.25) is 0 Å². The van der Waals surface area contributed by atoms with Gasteiger partial charge in [0.1, 0.15) is 6.10 Å². The number of hydrogen-bond acceptors (Lipinski definition) is 2. The molecule has 0 radical (unpaired) electrons. The van der Waals surface area contributed by atoms with Crippen LogP contribution in [0.3, 0.4) is 0 Å². The third-order valence-electron chi connectivity index (χ3n) is 5.04. The smallest absolute Gasteiger partial charge is 0.312 e. The summed E-state index contributed by atoms with van der Waals surface area (Å²) in [4.78, 5) is 12.6. The zero-order valence-corrected chi connectivity index (χ0v) is 15.5. The van der Waals surface area contributed by atoms with Gasteiger partial charge in [-0.1, -0.05) is 54.4 Å². The number of esters is 1. The molecular formula is C19H38O2. The Balaban J connectivity index is 0.00000191. The fourth-order valence-corrected chi connectivity index (χ4v) is 2.89. The molecular weight excluding hydrogens is 260 g/mol. The predicted octanol–water partition coefficient (Wildman–Crippen LogP) is 5.99. The van der Waals surface area contributed by atoms with E-state index < -0.39 is 0 Å². The first kappa shape index (κ1) is 20.5. The minimum absolute atomic E-state index is 0.0368. The molecule has 2 atom stereocenters. The van der Waals surface area contributed by atoms with Gasteiger partial charge in [-0.05, 0) is 50.9 Å². The Morgan fingerprint density at radius 3 is 2.10 bits per heavy atom. The standard InChI is InChI=1S/C17H32O2.C2H6/c1-6-14(4)12-17(5,13(2)3)16(18)19-15-10-8-7-9-11-15;1-2/h13-15H,6-12H2,1-5H3;1-2H3. The molecule has 0 aromatic heterocycles. The van der Waals surface area contributed by atoms with E-state index in [2.05, 4.69) is 34.6 Å². The molecule has 1 saturated carbocycles. The molecule has 1 fully saturated rings. The Bertz CT molecular complexity index is 279. The molecule has 1 aliphatic carbocycles. The SMILES string of the molecule is CC.CCC(C)CC(C)(C(=O)OC1CCCCC1)C(C)C. The lowest BCUT2D eigenvalue weighted by Crippen LogP contribution is -2.39. The first-order valence-corrected chi connectivity index (χ1v) is 9.11. The van der Waals surface area contributed by atoms with Crippen LogP contribution >= 0.6 is 0 Å². The second-order valence-electron chi connectivity index (χ2n) is 6.96. The van der Waals surface area contributed by atoms with Crippen molar-refractivity contribution in [3.05, 3.63) is 0 Å². The highest BCUT2D eigenvalue weighted by Gasteiger charge is 2.40. The second-order valence-corrected chi connectivity index (χ2v) is 6.96. The maximum absolute atomic E-state index is 12.6. The van der Waals surface area contributed by atoms with Crippen molar-refractivity contribution in [2.75, 3.05) is 0 Å². The summed E-state index contributed by atoms with van der Waals surface area (Å²) in [6, 6.07) is 0. The Hall–Kier alpha value is -0.530. The number of carbonyl (C=O) groups is 1. The van der Waals surface area contributed by atoms with Gasteiger partial charge >= 0.3 is 5.97 Å². The number of ether oxygens (including phenoxy) is 1. The van der Waals surface area contributed by atoms with Crippen molar-refractivity contribution in [2.45, 2.75) is 99.5 Å². The fourth-order valence-electron chi connectivity index (χ4n) is 2.89. The van der Waals surface area contributed by atoms with E-state index in [9.17, 15) is 4.79 Å². The van der Waals surface area contributed by atoms with E-state index in [1.807, 2.05) is 13.8 Å². The first-order valence-electron chi connectivity index (χ1n) is 9.11. The summed E-state index contributed by atoms with van der Waals surface area (Å²) in [7, 11) is 0. The van der Waals surface area contributed by atoms with Gasteiger partial charge in [0, 0.05) is 0 Å². The maximum atomic E-state index is 12.6. The van der Waals surface area contributed by atoms with Crippen molar-refractivity contribution in [2.24, 2.45) is 17.3 Å². The minimum Gasteiger partial charge on any atom is -0.462 e. The van der Waals surface area contributed by atoms with Crippen LogP contribution in [0.4, 0.5) is 0 Å². The number of carbonyl (C=O) groups excluding carboxylic acids is 1. The van der Waals surface area contributed by atoms with Crippen LogP contribution in [0.2, 0.25) is 0 Å². The zero-order valence-electron chi connectivity index (χ0n) is 15.5. The lowest BCUT2D eigenvalue weighted by Gasteiger charge is -2.35. The van der Waals surface area contributed by atoms with Gasteiger partial charge in [0.15, 0.2) is 0 Å². The highest BCUT2D eigenvalue weighted by molar-refractivity contribution is 5.77. The molecule has 126 valence electrons. The summed E-state index contributed by atoms with van der Waals surface area (Å²) in [5, 5.41) is 0. The molecule has 0 bridgehead atoms. The van der Waals surface area contributed by atoms with Gasteiger partial charge in [0.25, 0.3) is 0 Å². The third-order valence-corrected chi connectivity index (χ3v) is 5.04. The van der Waals surface area contributed by atoms with Gasteiger partial charge in [-0.15, -0.1) is 0 Å². The fraction of sp³-hybridized carbons (Fsp3) is 0.947. The normalized spacial score (nSPS) is 20.2. The maximum Gasteiger partial charge on any atom is 0.312 e. The topological polar surface area (TPSA) is 26.3 Å². The third kappa shape index (κ3) is 6.40. The molecule has 0 spiro atoms. The average molecular weight is 299 g/mol. The molecule has 2 nitrogen and oxygen atoms in total. The van der Waals surface area contributed by atoms with Crippen LogP contribution < -0.4 is 0 Å². The van der Waals surface area contributed by atoms with E-state index >= 15 is 0 Å². The molecule has 0 aromatic carbocycles. The molecule has 0 saturated heterocycles. The van der Waals surface area contributed by atoms with Crippen LogP contribution in [0, 0.1) is 17.3 Å². The molecule has 21 heavy (non-hydrogen) atoms. The summed E-state index contributed by atoms with van der Waals surface area (Å²) in [5.74, 6) is 0.943. The van der Waals surface area contributed by atoms with Crippen LogP contribution in [0.15, 0.2) is 0 Å². The highest BCUT2D eigenvalue weighted by atomic mass is 16.5. The summed E-state index contributed by atoms with van der Waals surface area (Å²) >= 11 is 0. The van der Waals surface area contributed by atoms with E-state index in [-0.39, 0.29) is 17.5 Å². The number of rotatable bonds is 6. The lowest BCUT2D eigenvalue weighted by molar-refractivity contribution is -0.166. The molecule has 0 heterocycles. The van der Waals surface area contributed by atoms with Crippen molar-refractivity contribution < 1.29 is 9.53 Å². The molecule has 0 amide bonds. The van der Waals surface area contributed by atoms with E-state index in [0.717, 1.165) is 25.7 Å². The second kappa shape index (κ2) is 10.2. The largest absolute Gasteiger partial charge is 0.462 e. The van der Waals surface area contributed by atoms with Crippen LogP contribution in [-0.4, -0.2) is 12.1 Å². The van der Waals surface area contributed by atoms with Crippen LogP contribution in [-0.2, 0) is 9.53 Å². The summed E-state index contributed by atoms with van der Waals surface area (Å²) in [6.45, 7) is 14.8. The quantitative estimate of drug-likeness (QED) is 0.563. The average Bonchev–Trinajstić information content (AvgIpc) is 2.49. The van der Waals surface area contributed by atoms with Crippen molar-refractivity contribution in [3.63, 3.8) is 0 Å². The summed E-state index contributed by atoms with van der Waals surface area (Å²) in [5.41, 5.74) is -0.327. The lowest BCUT2D eigenvalue weighted by atomic mass is 9.72. The van der Waals surface area contributed by atoms with Crippen molar-refractivity contribution >= 4 is 5.97 Å². The molecule has 2 unspecified atom stereocenters. The molecule has 1 aliphatic rings.